The molecule has 0 aliphatic carbocycles. The number of anilines is 3. The van der Waals surface area contributed by atoms with Crippen LogP contribution in [0.2, 0.25) is 5.02 Å². The van der Waals surface area contributed by atoms with Crippen molar-refractivity contribution >= 4 is 64.2 Å². The molecule has 0 aromatic heterocycles. The van der Waals surface area contributed by atoms with E-state index in [1.807, 2.05) is 0 Å². The molecule has 11 heteroatoms. The lowest BCUT2D eigenvalue weighted by atomic mass is 10.1. The highest BCUT2D eigenvalue weighted by atomic mass is 35.5. The highest BCUT2D eigenvalue weighted by Gasteiger charge is 2.18. The zero-order valence-electron chi connectivity index (χ0n) is 16.4. The standard InChI is InChI=1S/C21H16ClF2N3O3S2/c1-32(30)18-10-7-13(11-15(18)22)26-21(29)27(31)14-8-5-12(6-9-14)25-20(28)19-16(23)3-2-4-17(19)24/h2-11,31H,1H3,(H,25,28)(H,26,29). The second-order valence-electron chi connectivity index (χ2n) is 6.44. The molecule has 6 nitrogen and oxygen atoms in total. The molecule has 3 rings (SSSR count). The fraction of sp³-hybridized carbons (Fsp3) is 0.0476. The zero-order chi connectivity index (χ0) is 23.4. The molecule has 0 bridgehead atoms. The van der Waals surface area contributed by atoms with Crippen LogP contribution < -0.4 is 14.9 Å². The predicted molar refractivity (Wildman–Crippen MR) is 125 cm³/mol. The first-order chi connectivity index (χ1) is 15.2. The van der Waals surface area contributed by atoms with Crippen molar-refractivity contribution in [1.29, 1.82) is 0 Å². The summed E-state index contributed by atoms with van der Waals surface area (Å²) in [6.45, 7) is 0. The minimum Gasteiger partial charge on any atom is -0.322 e. The maximum atomic E-state index is 13.7. The number of amides is 3. The van der Waals surface area contributed by atoms with Crippen LogP contribution >= 0.6 is 24.4 Å². The van der Waals surface area contributed by atoms with Gasteiger partial charge in [0.2, 0.25) is 0 Å². The lowest BCUT2D eigenvalue weighted by Gasteiger charge is -2.17. The first-order valence-electron chi connectivity index (χ1n) is 8.95. The highest BCUT2D eigenvalue weighted by Crippen LogP contribution is 2.25. The average molecular weight is 496 g/mol. The Hall–Kier alpha value is -2.95. The molecule has 0 aliphatic heterocycles. The van der Waals surface area contributed by atoms with Gasteiger partial charge in [-0.05, 0) is 54.6 Å². The van der Waals surface area contributed by atoms with Gasteiger partial charge in [0.05, 0.1) is 26.4 Å². The van der Waals surface area contributed by atoms with Gasteiger partial charge in [0.15, 0.2) is 0 Å². The molecular formula is C21H16ClF2N3O3S2. The lowest BCUT2D eigenvalue weighted by molar-refractivity contribution is 0.101. The van der Waals surface area contributed by atoms with Crippen molar-refractivity contribution in [2.75, 3.05) is 21.2 Å². The average Bonchev–Trinajstić information content (AvgIpc) is 2.73. The fourth-order valence-electron chi connectivity index (χ4n) is 2.70. The second kappa shape index (κ2) is 10.1. The van der Waals surface area contributed by atoms with E-state index in [-0.39, 0.29) is 10.7 Å². The van der Waals surface area contributed by atoms with Crippen molar-refractivity contribution in [1.82, 2.24) is 0 Å². The van der Waals surface area contributed by atoms with Gasteiger partial charge in [-0.15, -0.1) is 0 Å². The molecule has 3 aromatic carbocycles. The number of urea groups is 1. The summed E-state index contributed by atoms with van der Waals surface area (Å²) in [5.74, 6) is -2.89. The number of nitrogens with one attached hydrogen (secondary N) is 2. The van der Waals surface area contributed by atoms with Crippen molar-refractivity contribution in [3.63, 3.8) is 0 Å². The van der Waals surface area contributed by atoms with Crippen molar-refractivity contribution in [2.24, 2.45) is 0 Å². The summed E-state index contributed by atoms with van der Waals surface area (Å²) in [6.07, 6.45) is 1.49. The Morgan fingerprint density at radius 2 is 1.56 bits per heavy atom. The molecule has 3 aromatic rings. The van der Waals surface area contributed by atoms with Gasteiger partial charge in [0.25, 0.3) is 5.91 Å². The number of rotatable bonds is 5. The number of carbonyl (C=O) groups excluding carboxylic acids is 2. The first-order valence-corrected chi connectivity index (χ1v) is 11.3. The molecule has 0 saturated carbocycles. The molecule has 32 heavy (non-hydrogen) atoms. The van der Waals surface area contributed by atoms with Crippen LogP contribution in [0.1, 0.15) is 10.4 Å². The molecule has 0 aliphatic rings. The smallest absolute Gasteiger partial charge is 0.322 e. The Morgan fingerprint density at radius 1 is 0.969 bits per heavy atom. The molecule has 3 amide bonds. The molecule has 0 radical (unpaired) electrons. The SMILES string of the molecule is CS(=O)c1ccc(NC(=O)N(S)c2ccc(NC(=O)c3c(F)cccc3F)cc2)cc1Cl. The number of hydrogen-bond acceptors (Lipinski definition) is 4. The van der Waals surface area contributed by atoms with Crippen LogP contribution in [0.4, 0.5) is 30.6 Å². The molecule has 1 unspecified atom stereocenters. The fourth-order valence-corrected chi connectivity index (χ4v) is 3.98. The van der Waals surface area contributed by atoms with E-state index in [1.165, 1.54) is 36.6 Å². The third kappa shape index (κ3) is 5.45. The van der Waals surface area contributed by atoms with Gasteiger partial charge >= 0.3 is 6.03 Å². The minimum atomic E-state index is -1.26. The summed E-state index contributed by atoms with van der Waals surface area (Å²) >= 11 is 10.2. The van der Waals surface area contributed by atoms with Gasteiger partial charge in [-0.1, -0.05) is 30.5 Å². The molecule has 0 saturated heterocycles. The second-order valence-corrected chi connectivity index (χ2v) is 8.59. The van der Waals surface area contributed by atoms with Crippen LogP contribution in [-0.4, -0.2) is 22.4 Å². The predicted octanol–water partition coefficient (Wildman–Crippen LogP) is 5.49. The molecule has 0 fully saturated rings. The van der Waals surface area contributed by atoms with Crippen LogP contribution in [0.25, 0.3) is 0 Å². The number of halogens is 3. The quantitative estimate of drug-likeness (QED) is 0.409. The van der Waals surface area contributed by atoms with Crippen LogP contribution in [0.3, 0.4) is 0 Å². The van der Waals surface area contributed by atoms with Gasteiger partial charge in [-0.25, -0.2) is 17.9 Å². The summed E-state index contributed by atoms with van der Waals surface area (Å²) in [5, 5.41) is 5.25. The molecule has 0 spiro atoms. The topological polar surface area (TPSA) is 78.5 Å². The van der Waals surface area contributed by atoms with Crippen LogP contribution in [-0.2, 0) is 10.8 Å². The Labute approximate surface area is 195 Å². The summed E-state index contributed by atoms with van der Waals surface area (Å²) in [4.78, 5) is 25.1. The lowest BCUT2D eigenvalue weighted by Crippen LogP contribution is -2.26. The number of hydrogen-bond donors (Lipinski definition) is 3. The third-order valence-electron chi connectivity index (χ3n) is 4.24. The minimum absolute atomic E-state index is 0.251. The monoisotopic (exact) mass is 495 g/mol. The molecule has 1 atom stereocenters. The molecule has 2 N–H and O–H groups in total. The summed E-state index contributed by atoms with van der Waals surface area (Å²) in [7, 11) is -1.26. The van der Waals surface area contributed by atoms with Gasteiger partial charge < -0.3 is 10.6 Å². The van der Waals surface area contributed by atoms with Crippen LogP contribution in [0, 0.1) is 11.6 Å². The number of nitrogens with zero attached hydrogens (tertiary/aromatic N) is 1. The Balaban J connectivity index is 1.67. The van der Waals surface area contributed by atoms with Gasteiger partial charge in [-0.2, -0.15) is 0 Å². The van der Waals surface area contributed by atoms with E-state index in [2.05, 4.69) is 23.4 Å². The Morgan fingerprint density at radius 3 is 2.12 bits per heavy atom. The van der Waals surface area contributed by atoms with E-state index < -0.39 is 39.9 Å². The largest absolute Gasteiger partial charge is 0.336 e. The van der Waals surface area contributed by atoms with E-state index in [9.17, 15) is 22.6 Å². The number of carbonyl (C=O) groups is 2. The highest BCUT2D eigenvalue weighted by molar-refractivity contribution is 7.84. The normalized spacial score (nSPS) is 11.5. The van der Waals surface area contributed by atoms with Crippen LogP contribution in [0.15, 0.2) is 65.6 Å². The Kier molecular flexibility index (Phi) is 7.49. The van der Waals surface area contributed by atoms with E-state index in [0.29, 0.717) is 16.3 Å². The van der Waals surface area contributed by atoms with E-state index in [1.54, 1.807) is 12.1 Å². The van der Waals surface area contributed by atoms with Gasteiger partial charge in [0, 0.05) is 17.6 Å². The van der Waals surface area contributed by atoms with Crippen molar-refractivity contribution in [3.8, 4) is 0 Å². The van der Waals surface area contributed by atoms with Crippen molar-refractivity contribution in [3.05, 3.63) is 82.9 Å². The number of benzene rings is 3. The molecular weight excluding hydrogens is 480 g/mol. The summed E-state index contributed by atoms with van der Waals surface area (Å²) in [6, 6.07) is 13.0. The molecule has 0 heterocycles. The maximum absolute atomic E-state index is 13.7. The van der Waals surface area contributed by atoms with Gasteiger partial charge in [0.1, 0.15) is 17.2 Å². The first kappa shape index (κ1) is 23.7. The third-order valence-corrected chi connectivity index (χ3v) is 6.06. The zero-order valence-corrected chi connectivity index (χ0v) is 18.9. The Bertz CT molecular complexity index is 1190. The van der Waals surface area contributed by atoms with Gasteiger partial charge in [-0.3, -0.25) is 9.00 Å². The number of thiol groups is 1. The summed E-state index contributed by atoms with van der Waals surface area (Å²) < 4.78 is 40.1. The van der Waals surface area contributed by atoms with Crippen molar-refractivity contribution in [2.45, 2.75) is 4.90 Å². The summed E-state index contributed by atoms with van der Waals surface area (Å²) in [5.41, 5.74) is 0.309. The van der Waals surface area contributed by atoms with E-state index in [0.717, 1.165) is 22.5 Å². The van der Waals surface area contributed by atoms with Crippen LogP contribution in [0.5, 0.6) is 0 Å². The molecule has 166 valence electrons. The van der Waals surface area contributed by atoms with E-state index >= 15 is 0 Å². The maximum Gasteiger partial charge on any atom is 0.336 e. The van der Waals surface area contributed by atoms with E-state index in [4.69, 9.17) is 11.6 Å². The van der Waals surface area contributed by atoms with Crippen molar-refractivity contribution < 1.29 is 22.6 Å².